The van der Waals surface area contributed by atoms with Gasteiger partial charge >= 0.3 is 0 Å². The molecule has 0 radical (unpaired) electrons. The zero-order valence-corrected chi connectivity index (χ0v) is 11.9. The van der Waals surface area contributed by atoms with E-state index in [0.29, 0.717) is 0 Å². The lowest BCUT2D eigenvalue weighted by Crippen LogP contribution is -1.99. The van der Waals surface area contributed by atoms with Gasteiger partial charge in [0.25, 0.3) is 0 Å². The van der Waals surface area contributed by atoms with Gasteiger partial charge in [-0.3, -0.25) is 0 Å². The van der Waals surface area contributed by atoms with Crippen molar-refractivity contribution in [1.29, 1.82) is 0 Å². The summed E-state index contributed by atoms with van der Waals surface area (Å²) in [4.78, 5) is 0. The topological polar surface area (TPSA) is 50.9 Å². The first kappa shape index (κ1) is 12.3. The third-order valence-corrected chi connectivity index (χ3v) is 3.72. The highest BCUT2D eigenvalue weighted by Gasteiger charge is 2.10. The number of fused-ring (bicyclic) bond motifs is 1. The molecular formula is C14H12BrN3O. The van der Waals surface area contributed by atoms with E-state index in [0.717, 1.165) is 26.8 Å². The predicted octanol–water partition coefficient (Wildman–Crippen LogP) is 3.24. The smallest absolute Gasteiger partial charge is 0.113 e. The molecule has 0 aliphatic carbocycles. The Hall–Kier alpha value is -1.72. The van der Waals surface area contributed by atoms with Crippen LogP contribution in [-0.2, 0) is 0 Å². The number of aliphatic hydroxyl groups excluding tert-OH is 1. The summed E-state index contributed by atoms with van der Waals surface area (Å²) < 4.78 is 2.64. The molecule has 19 heavy (non-hydrogen) atoms. The Morgan fingerprint density at radius 1 is 1.21 bits per heavy atom. The Balaban J connectivity index is 2.14. The molecule has 1 atom stereocenters. The SMILES string of the molecule is CC(O)c1ccc(-n2nnc3ccccc32)cc1Br. The second-order valence-corrected chi connectivity index (χ2v) is 5.23. The number of hydrogen-bond acceptors (Lipinski definition) is 3. The summed E-state index contributed by atoms with van der Waals surface area (Å²) in [5.41, 5.74) is 3.58. The van der Waals surface area contributed by atoms with Gasteiger partial charge in [-0.2, -0.15) is 0 Å². The van der Waals surface area contributed by atoms with Crippen LogP contribution in [-0.4, -0.2) is 20.1 Å². The van der Waals surface area contributed by atoms with Crippen molar-refractivity contribution in [3.63, 3.8) is 0 Å². The van der Waals surface area contributed by atoms with Crippen molar-refractivity contribution in [1.82, 2.24) is 15.0 Å². The summed E-state index contributed by atoms with van der Waals surface area (Å²) in [6.07, 6.45) is -0.504. The number of hydrogen-bond donors (Lipinski definition) is 1. The number of nitrogens with zero attached hydrogens (tertiary/aromatic N) is 3. The highest BCUT2D eigenvalue weighted by atomic mass is 79.9. The average molecular weight is 318 g/mol. The molecule has 0 aliphatic heterocycles. The molecule has 0 bridgehead atoms. The predicted molar refractivity (Wildman–Crippen MR) is 77.2 cm³/mol. The quantitative estimate of drug-likeness (QED) is 0.789. The largest absolute Gasteiger partial charge is 0.389 e. The third kappa shape index (κ3) is 2.15. The Labute approximate surface area is 118 Å². The van der Waals surface area contributed by atoms with Crippen LogP contribution in [0.5, 0.6) is 0 Å². The van der Waals surface area contributed by atoms with Crippen LogP contribution in [0.4, 0.5) is 0 Å². The average Bonchev–Trinajstić information content (AvgIpc) is 2.82. The normalized spacial score (nSPS) is 12.8. The first-order chi connectivity index (χ1) is 9.16. The van der Waals surface area contributed by atoms with Crippen LogP contribution in [0.25, 0.3) is 16.7 Å². The molecule has 4 nitrogen and oxygen atoms in total. The van der Waals surface area contributed by atoms with Gasteiger partial charge in [-0.25, -0.2) is 4.68 Å². The summed E-state index contributed by atoms with van der Waals surface area (Å²) in [6.45, 7) is 1.74. The van der Waals surface area contributed by atoms with Gasteiger partial charge in [0.2, 0.25) is 0 Å². The number of aromatic nitrogens is 3. The van der Waals surface area contributed by atoms with Gasteiger partial charge in [0.05, 0.1) is 17.3 Å². The molecule has 1 aromatic heterocycles. The highest BCUT2D eigenvalue weighted by Crippen LogP contribution is 2.26. The fraction of sp³-hybridized carbons (Fsp3) is 0.143. The van der Waals surface area contributed by atoms with E-state index in [2.05, 4.69) is 26.2 Å². The molecule has 5 heteroatoms. The lowest BCUT2D eigenvalue weighted by Gasteiger charge is -2.09. The second kappa shape index (κ2) is 4.75. The Morgan fingerprint density at radius 3 is 2.74 bits per heavy atom. The maximum Gasteiger partial charge on any atom is 0.113 e. The van der Waals surface area contributed by atoms with Gasteiger partial charge in [-0.1, -0.05) is 39.3 Å². The third-order valence-electron chi connectivity index (χ3n) is 3.03. The minimum absolute atomic E-state index is 0.504. The molecule has 0 spiro atoms. The van der Waals surface area contributed by atoms with Gasteiger partial charge in [0.1, 0.15) is 5.52 Å². The van der Waals surface area contributed by atoms with E-state index in [4.69, 9.17) is 0 Å². The number of halogens is 1. The van der Waals surface area contributed by atoms with Crippen molar-refractivity contribution in [2.45, 2.75) is 13.0 Å². The van der Waals surface area contributed by atoms with E-state index in [9.17, 15) is 5.11 Å². The minimum Gasteiger partial charge on any atom is -0.389 e. The fourth-order valence-electron chi connectivity index (χ4n) is 2.05. The molecule has 0 fully saturated rings. The number of benzene rings is 2. The van der Waals surface area contributed by atoms with Gasteiger partial charge < -0.3 is 5.11 Å². The van der Waals surface area contributed by atoms with Crippen LogP contribution >= 0.6 is 15.9 Å². The van der Waals surface area contributed by atoms with Crippen molar-refractivity contribution in [2.24, 2.45) is 0 Å². The van der Waals surface area contributed by atoms with E-state index in [1.165, 1.54) is 0 Å². The summed E-state index contributed by atoms with van der Waals surface area (Å²) in [6, 6.07) is 13.6. The number of para-hydroxylation sites is 1. The minimum atomic E-state index is -0.504. The lowest BCUT2D eigenvalue weighted by atomic mass is 10.1. The molecule has 1 N–H and O–H groups in total. The lowest BCUT2D eigenvalue weighted by molar-refractivity contribution is 0.198. The molecule has 3 aromatic rings. The molecule has 3 rings (SSSR count). The van der Waals surface area contributed by atoms with Gasteiger partial charge in [-0.05, 0) is 36.8 Å². The maximum atomic E-state index is 9.63. The molecule has 2 aromatic carbocycles. The van der Waals surface area contributed by atoms with Crippen LogP contribution in [0, 0.1) is 0 Å². The first-order valence-electron chi connectivity index (χ1n) is 5.95. The van der Waals surface area contributed by atoms with Crippen molar-refractivity contribution in [3.8, 4) is 5.69 Å². The zero-order valence-electron chi connectivity index (χ0n) is 10.3. The molecular weight excluding hydrogens is 306 g/mol. The van der Waals surface area contributed by atoms with Crippen LogP contribution in [0.2, 0.25) is 0 Å². The summed E-state index contributed by atoms with van der Waals surface area (Å²) >= 11 is 3.48. The molecule has 0 saturated heterocycles. The fourth-order valence-corrected chi connectivity index (χ4v) is 2.74. The summed E-state index contributed by atoms with van der Waals surface area (Å²) in [5.74, 6) is 0. The second-order valence-electron chi connectivity index (χ2n) is 4.37. The van der Waals surface area contributed by atoms with Gasteiger partial charge in [-0.15, -0.1) is 5.10 Å². The Bertz CT molecular complexity index is 736. The van der Waals surface area contributed by atoms with E-state index >= 15 is 0 Å². The van der Waals surface area contributed by atoms with Crippen LogP contribution in [0.1, 0.15) is 18.6 Å². The number of aliphatic hydroxyl groups is 1. The first-order valence-corrected chi connectivity index (χ1v) is 6.74. The molecule has 0 saturated carbocycles. The van der Waals surface area contributed by atoms with Gasteiger partial charge in [0.15, 0.2) is 0 Å². The zero-order chi connectivity index (χ0) is 13.4. The van der Waals surface area contributed by atoms with Crippen molar-refractivity contribution in [2.75, 3.05) is 0 Å². The Morgan fingerprint density at radius 2 is 2.00 bits per heavy atom. The standard InChI is InChI=1S/C14H12BrN3O/c1-9(19)11-7-6-10(8-12(11)15)18-14-5-3-2-4-13(14)16-17-18/h2-9,19H,1H3. The molecule has 0 aliphatic rings. The van der Waals surface area contributed by atoms with Crippen molar-refractivity contribution in [3.05, 3.63) is 52.5 Å². The molecule has 96 valence electrons. The van der Waals surface area contributed by atoms with E-state index in [1.807, 2.05) is 42.5 Å². The van der Waals surface area contributed by atoms with E-state index in [1.54, 1.807) is 11.6 Å². The highest BCUT2D eigenvalue weighted by molar-refractivity contribution is 9.10. The molecule has 1 heterocycles. The van der Waals surface area contributed by atoms with Crippen molar-refractivity contribution >= 4 is 27.0 Å². The number of rotatable bonds is 2. The van der Waals surface area contributed by atoms with Gasteiger partial charge in [0, 0.05) is 4.47 Å². The van der Waals surface area contributed by atoms with Crippen molar-refractivity contribution < 1.29 is 5.11 Å². The van der Waals surface area contributed by atoms with Crippen LogP contribution in [0.15, 0.2) is 46.9 Å². The molecule has 0 amide bonds. The van der Waals surface area contributed by atoms with E-state index < -0.39 is 6.10 Å². The monoisotopic (exact) mass is 317 g/mol. The summed E-state index contributed by atoms with van der Waals surface area (Å²) in [7, 11) is 0. The maximum absolute atomic E-state index is 9.63. The van der Waals surface area contributed by atoms with Crippen LogP contribution in [0.3, 0.4) is 0 Å². The van der Waals surface area contributed by atoms with Crippen LogP contribution < -0.4 is 0 Å². The summed E-state index contributed by atoms with van der Waals surface area (Å²) in [5, 5.41) is 17.9. The Kier molecular flexibility index (Phi) is 3.08. The van der Waals surface area contributed by atoms with E-state index in [-0.39, 0.29) is 0 Å². The molecule has 1 unspecified atom stereocenters.